The second-order valence-corrected chi connectivity index (χ2v) is 8.54. The highest BCUT2D eigenvalue weighted by Gasteiger charge is 2.26. The van der Waals surface area contributed by atoms with E-state index in [-0.39, 0.29) is 0 Å². The molecule has 1 aliphatic heterocycles. The highest BCUT2D eigenvalue weighted by Crippen LogP contribution is 2.24. The van der Waals surface area contributed by atoms with Gasteiger partial charge in [-0.05, 0) is 18.9 Å². The molecule has 0 aromatic carbocycles. The summed E-state index contributed by atoms with van der Waals surface area (Å²) in [6.45, 7) is 6.23. The standard InChI is InChI=1S/C14H24N2O2S2/c1-12(2)15-10-13-9-14(11-19-13)20(17,18)16-7-5-3-4-6-8-16/h9,11-12,15H,3-8,10H2,1-2H3. The molecule has 1 fully saturated rings. The summed E-state index contributed by atoms with van der Waals surface area (Å²) >= 11 is 1.52. The molecule has 1 aromatic heterocycles. The summed E-state index contributed by atoms with van der Waals surface area (Å²) in [5.41, 5.74) is 0. The number of hydrogen-bond donors (Lipinski definition) is 1. The number of nitrogens with zero attached hydrogens (tertiary/aromatic N) is 1. The van der Waals surface area contributed by atoms with E-state index in [1.165, 1.54) is 11.3 Å². The summed E-state index contributed by atoms with van der Waals surface area (Å²) in [6.07, 6.45) is 4.23. The smallest absolute Gasteiger partial charge is 0.243 e. The second-order valence-electron chi connectivity index (χ2n) is 5.60. The van der Waals surface area contributed by atoms with Crippen molar-refractivity contribution in [2.45, 2.75) is 57.0 Å². The summed E-state index contributed by atoms with van der Waals surface area (Å²) in [6, 6.07) is 2.23. The first-order valence-corrected chi connectivity index (χ1v) is 9.63. The fourth-order valence-corrected chi connectivity index (χ4v) is 5.06. The number of rotatable bonds is 5. The Bertz CT molecular complexity index is 515. The molecule has 2 heterocycles. The van der Waals surface area contributed by atoms with Gasteiger partial charge >= 0.3 is 0 Å². The van der Waals surface area contributed by atoms with E-state index in [2.05, 4.69) is 19.2 Å². The van der Waals surface area contributed by atoms with Crippen molar-refractivity contribution in [3.63, 3.8) is 0 Å². The van der Waals surface area contributed by atoms with Crippen LogP contribution in [-0.4, -0.2) is 31.9 Å². The van der Waals surface area contributed by atoms with E-state index in [1.807, 2.05) is 6.07 Å². The van der Waals surface area contributed by atoms with Gasteiger partial charge in [0.05, 0.1) is 4.90 Å². The van der Waals surface area contributed by atoms with Crippen LogP contribution in [0.1, 0.15) is 44.4 Å². The third-order valence-corrected chi connectivity index (χ3v) is 6.48. The molecule has 0 saturated carbocycles. The predicted octanol–water partition coefficient (Wildman–Crippen LogP) is 2.81. The van der Waals surface area contributed by atoms with E-state index in [9.17, 15) is 8.42 Å². The summed E-state index contributed by atoms with van der Waals surface area (Å²) in [4.78, 5) is 1.54. The summed E-state index contributed by atoms with van der Waals surface area (Å²) in [5, 5.41) is 5.09. The molecule has 114 valence electrons. The van der Waals surface area contributed by atoms with Gasteiger partial charge in [0.2, 0.25) is 10.0 Å². The summed E-state index contributed by atoms with van der Waals surface area (Å²) in [7, 11) is -3.29. The average Bonchev–Trinajstić information content (AvgIpc) is 2.70. The van der Waals surface area contributed by atoms with Gasteiger partial charge in [-0.1, -0.05) is 26.7 Å². The minimum atomic E-state index is -3.29. The van der Waals surface area contributed by atoms with Crippen LogP contribution in [0.15, 0.2) is 16.3 Å². The van der Waals surface area contributed by atoms with E-state index < -0.39 is 10.0 Å². The van der Waals surface area contributed by atoms with Crippen LogP contribution in [0.25, 0.3) is 0 Å². The topological polar surface area (TPSA) is 49.4 Å². The van der Waals surface area contributed by atoms with Crippen molar-refractivity contribution in [2.24, 2.45) is 0 Å². The van der Waals surface area contributed by atoms with Gasteiger partial charge in [0, 0.05) is 35.9 Å². The molecule has 20 heavy (non-hydrogen) atoms. The molecule has 0 unspecified atom stereocenters. The zero-order chi connectivity index (χ0) is 14.6. The SMILES string of the molecule is CC(C)NCc1cc(S(=O)(=O)N2CCCCCC2)cs1. The highest BCUT2D eigenvalue weighted by atomic mass is 32.2. The predicted molar refractivity (Wildman–Crippen MR) is 83.5 cm³/mol. The molecular weight excluding hydrogens is 292 g/mol. The molecule has 1 N–H and O–H groups in total. The van der Waals surface area contributed by atoms with Crippen molar-refractivity contribution < 1.29 is 8.42 Å². The molecule has 4 nitrogen and oxygen atoms in total. The summed E-state index contributed by atoms with van der Waals surface area (Å²) < 4.78 is 26.9. The van der Waals surface area contributed by atoms with Crippen molar-refractivity contribution in [3.8, 4) is 0 Å². The number of nitrogens with one attached hydrogen (secondary N) is 1. The molecule has 0 aliphatic carbocycles. The van der Waals surface area contributed by atoms with Crippen molar-refractivity contribution >= 4 is 21.4 Å². The van der Waals surface area contributed by atoms with Gasteiger partial charge in [-0.25, -0.2) is 8.42 Å². The lowest BCUT2D eigenvalue weighted by atomic mass is 10.2. The Morgan fingerprint density at radius 1 is 1.25 bits per heavy atom. The van der Waals surface area contributed by atoms with Crippen LogP contribution in [0.2, 0.25) is 0 Å². The third kappa shape index (κ3) is 4.04. The minimum absolute atomic E-state index is 0.405. The van der Waals surface area contributed by atoms with E-state index in [0.717, 1.165) is 37.1 Å². The Balaban J connectivity index is 2.08. The Labute approximate surface area is 126 Å². The maximum atomic E-state index is 12.6. The maximum Gasteiger partial charge on any atom is 0.243 e. The van der Waals surface area contributed by atoms with E-state index in [1.54, 1.807) is 9.69 Å². The van der Waals surface area contributed by atoms with Gasteiger partial charge in [0.15, 0.2) is 0 Å². The Hall–Kier alpha value is -0.430. The Morgan fingerprint density at radius 2 is 1.90 bits per heavy atom. The molecule has 1 aromatic rings. The molecule has 6 heteroatoms. The maximum absolute atomic E-state index is 12.6. The van der Waals surface area contributed by atoms with Gasteiger partial charge in [-0.3, -0.25) is 0 Å². The third-order valence-electron chi connectivity index (χ3n) is 3.52. The largest absolute Gasteiger partial charge is 0.310 e. The van der Waals surface area contributed by atoms with Crippen LogP contribution < -0.4 is 5.32 Å². The number of thiophene rings is 1. The zero-order valence-corrected chi connectivity index (χ0v) is 13.9. The molecule has 2 rings (SSSR count). The quantitative estimate of drug-likeness (QED) is 0.909. The Kier molecular flexibility index (Phi) is 5.60. The lowest BCUT2D eigenvalue weighted by molar-refractivity contribution is 0.424. The van der Waals surface area contributed by atoms with E-state index >= 15 is 0 Å². The first-order valence-electron chi connectivity index (χ1n) is 7.31. The lowest BCUT2D eigenvalue weighted by Gasteiger charge is -2.18. The monoisotopic (exact) mass is 316 g/mol. The average molecular weight is 316 g/mol. The molecule has 1 saturated heterocycles. The van der Waals surface area contributed by atoms with Crippen LogP contribution in [-0.2, 0) is 16.6 Å². The van der Waals surface area contributed by atoms with E-state index in [4.69, 9.17) is 0 Å². The number of sulfonamides is 1. The zero-order valence-electron chi connectivity index (χ0n) is 12.3. The van der Waals surface area contributed by atoms with Gasteiger partial charge in [0.1, 0.15) is 0 Å². The van der Waals surface area contributed by atoms with Gasteiger partial charge in [-0.15, -0.1) is 11.3 Å². The van der Waals surface area contributed by atoms with Gasteiger partial charge in [0.25, 0.3) is 0 Å². The van der Waals surface area contributed by atoms with Crippen molar-refractivity contribution in [2.75, 3.05) is 13.1 Å². The van der Waals surface area contributed by atoms with E-state index in [0.29, 0.717) is 24.0 Å². The first-order chi connectivity index (χ1) is 9.50. The highest BCUT2D eigenvalue weighted by molar-refractivity contribution is 7.89. The first kappa shape index (κ1) is 15.9. The number of hydrogen-bond acceptors (Lipinski definition) is 4. The van der Waals surface area contributed by atoms with Gasteiger partial charge < -0.3 is 5.32 Å². The molecule has 1 aliphatic rings. The molecule has 0 bridgehead atoms. The fourth-order valence-electron chi connectivity index (χ4n) is 2.32. The van der Waals surface area contributed by atoms with Crippen LogP contribution in [0.4, 0.5) is 0 Å². The Morgan fingerprint density at radius 3 is 2.50 bits per heavy atom. The molecule has 0 radical (unpaired) electrons. The normalized spacial score (nSPS) is 18.4. The van der Waals surface area contributed by atoms with Crippen molar-refractivity contribution in [1.29, 1.82) is 0 Å². The molecule has 0 spiro atoms. The van der Waals surface area contributed by atoms with Gasteiger partial charge in [-0.2, -0.15) is 4.31 Å². The van der Waals surface area contributed by atoms with Crippen LogP contribution in [0.3, 0.4) is 0 Å². The minimum Gasteiger partial charge on any atom is -0.310 e. The lowest BCUT2D eigenvalue weighted by Crippen LogP contribution is -2.31. The molecule has 0 amide bonds. The van der Waals surface area contributed by atoms with Crippen molar-refractivity contribution in [1.82, 2.24) is 9.62 Å². The molecular formula is C14H24N2O2S2. The molecule has 0 atom stereocenters. The van der Waals surface area contributed by atoms with Crippen LogP contribution >= 0.6 is 11.3 Å². The summed E-state index contributed by atoms with van der Waals surface area (Å²) in [5.74, 6) is 0. The second kappa shape index (κ2) is 7.02. The fraction of sp³-hybridized carbons (Fsp3) is 0.714. The van der Waals surface area contributed by atoms with Crippen LogP contribution in [0.5, 0.6) is 0 Å². The van der Waals surface area contributed by atoms with Crippen LogP contribution in [0, 0.1) is 0 Å². The van der Waals surface area contributed by atoms with Crippen molar-refractivity contribution in [3.05, 3.63) is 16.3 Å².